The fourth-order valence-electron chi connectivity index (χ4n) is 1.80. The topological polar surface area (TPSA) is 158 Å². The van der Waals surface area contributed by atoms with Crippen LogP contribution in [0.5, 0.6) is 0 Å². The monoisotopic (exact) mass is 270 g/mol. The van der Waals surface area contributed by atoms with Gasteiger partial charge in [-0.05, 0) is 19.3 Å². The van der Waals surface area contributed by atoms with E-state index in [1.807, 2.05) is 0 Å². The van der Waals surface area contributed by atoms with Crippen molar-refractivity contribution in [2.75, 3.05) is 29.5 Å². The summed E-state index contributed by atoms with van der Waals surface area (Å²) in [5.74, 6) is 0.718. The van der Waals surface area contributed by atoms with E-state index >= 15 is 0 Å². The number of anilines is 3. The van der Waals surface area contributed by atoms with Crippen LogP contribution in [0.15, 0.2) is 6.07 Å². The molecule has 106 valence electrons. The van der Waals surface area contributed by atoms with Gasteiger partial charge in [0, 0.05) is 13.1 Å². The van der Waals surface area contributed by atoms with Crippen molar-refractivity contribution in [3.63, 3.8) is 0 Å². The fraction of sp³-hybridized carbons (Fsp3) is 0.500. The predicted octanol–water partition coefficient (Wildman–Crippen LogP) is -0.507. The number of hydrogen-bond donors (Lipinski definition) is 4. The number of carbonyl (C=O) groups is 1. The van der Waals surface area contributed by atoms with E-state index in [1.54, 1.807) is 6.07 Å². The van der Waals surface area contributed by atoms with Crippen LogP contribution < -0.4 is 26.8 Å². The standard InChI is InChI=1S/C9H15N5O.CH3NO2/c10-7-6-8(12-9(11)14(7)15)13-4-2-1-3-5-13;2-1(3)4/h6H,1-5,10H2,(H2,11,12);2H2,(H,3,4). The third-order valence-electron chi connectivity index (χ3n) is 2.63. The maximum Gasteiger partial charge on any atom is 0.402 e. The average molecular weight is 270 g/mol. The molecule has 1 aliphatic rings. The highest BCUT2D eigenvalue weighted by molar-refractivity contribution is 5.61. The van der Waals surface area contributed by atoms with Crippen LogP contribution in [0.1, 0.15) is 19.3 Å². The molecule has 0 atom stereocenters. The summed E-state index contributed by atoms with van der Waals surface area (Å²) in [5.41, 5.74) is 15.0. The molecule has 0 unspecified atom stereocenters. The van der Waals surface area contributed by atoms with Gasteiger partial charge in [0.15, 0.2) is 11.6 Å². The second kappa shape index (κ2) is 6.47. The van der Waals surface area contributed by atoms with Gasteiger partial charge in [0.25, 0.3) is 0 Å². The van der Waals surface area contributed by atoms with Crippen molar-refractivity contribution in [3.8, 4) is 0 Å². The minimum absolute atomic E-state index is 0.0874. The number of hydrogen-bond acceptors (Lipinski definition) is 6. The van der Waals surface area contributed by atoms with Crippen LogP contribution >= 0.6 is 0 Å². The molecule has 0 radical (unpaired) electrons. The van der Waals surface area contributed by atoms with Crippen LogP contribution in [-0.4, -0.2) is 29.3 Å². The molecule has 7 N–H and O–H groups in total. The van der Waals surface area contributed by atoms with E-state index < -0.39 is 6.09 Å². The number of amides is 1. The fourth-order valence-corrected chi connectivity index (χ4v) is 1.80. The Labute approximate surface area is 110 Å². The van der Waals surface area contributed by atoms with Gasteiger partial charge in [-0.3, -0.25) is 0 Å². The first kappa shape index (κ1) is 14.6. The Balaban J connectivity index is 0.000000399. The summed E-state index contributed by atoms with van der Waals surface area (Å²) >= 11 is 0. The molecule has 0 bridgehead atoms. The van der Waals surface area contributed by atoms with Gasteiger partial charge in [0.1, 0.15) is 0 Å². The van der Waals surface area contributed by atoms with Gasteiger partial charge in [-0.1, -0.05) is 4.98 Å². The van der Waals surface area contributed by atoms with Gasteiger partial charge >= 0.3 is 12.0 Å². The van der Waals surface area contributed by atoms with Crippen molar-refractivity contribution in [2.24, 2.45) is 5.73 Å². The number of carboxylic acid groups (broad SMARTS) is 1. The van der Waals surface area contributed by atoms with Crippen LogP contribution in [0.4, 0.5) is 22.4 Å². The summed E-state index contributed by atoms with van der Waals surface area (Å²) in [6, 6.07) is 1.58. The maximum absolute atomic E-state index is 11.2. The van der Waals surface area contributed by atoms with E-state index in [-0.39, 0.29) is 11.8 Å². The molecule has 1 fully saturated rings. The van der Waals surface area contributed by atoms with E-state index in [2.05, 4.69) is 15.6 Å². The zero-order valence-corrected chi connectivity index (χ0v) is 10.5. The first-order valence-corrected chi connectivity index (χ1v) is 5.80. The molecule has 9 heteroatoms. The van der Waals surface area contributed by atoms with Crippen LogP contribution in [0, 0.1) is 5.21 Å². The predicted molar refractivity (Wildman–Crippen MR) is 70.3 cm³/mol. The summed E-state index contributed by atoms with van der Waals surface area (Å²) in [4.78, 5) is 14.9. The first-order chi connectivity index (χ1) is 8.91. The second-order valence-electron chi connectivity index (χ2n) is 4.08. The van der Waals surface area contributed by atoms with Gasteiger partial charge < -0.3 is 32.4 Å². The molecule has 19 heavy (non-hydrogen) atoms. The summed E-state index contributed by atoms with van der Waals surface area (Å²) in [5, 5.41) is 18.4. The lowest BCUT2D eigenvalue weighted by Gasteiger charge is -2.26. The molecule has 9 nitrogen and oxygen atoms in total. The quantitative estimate of drug-likeness (QED) is 0.395. The Bertz CT molecular complexity index is 420. The van der Waals surface area contributed by atoms with Gasteiger partial charge in [-0.15, -0.1) is 0 Å². The van der Waals surface area contributed by atoms with Crippen LogP contribution in [0.25, 0.3) is 0 Å². The van der Waals surface area contributed by atoms with Crippen molar-refractivity contribution >= 4 is 23.7 Å². The zero-order valence-electron chi connectivity index (χ0n) is 10.5. The van der Waals surface area contributed by atoms with Crippen LogP contribution in [0.2, 0.25) is 0 Å². The second-order valence-corrected chi connectivity index (χ2v) is 4.08. The lowest BCUT2D eigenvalue weighted by atomic mass is 10.1. The first-order valence-electron chi connectivity index (χ1n) is 5.80. The molecule has 1 aromatic heterocycles. The minimum atomic E-state index is -1.33. The normalized spacial score (nSPS) is 14.4. The van der Waals surface area contributed by atoms with Gasteiger partial charge in [0.2, 0.25) is 0 Å². The number of nitrogen functional groups attached to an aromatic ring is 2. The molecule has 1 saturated heterocycles. The molecular weight excluding hydrogens is 252 g/mol. The van der Waals surface area contributed by atoms with Crippen LogP contribution in [-0.2, 0) is 0 Å². The molecule has 1 aromatic rings. The molecule has 2 heterocycles. The molecule has 0 spiro atoms. The largest absolute Gasteiger partial charge is 0.754 e. The van der Waals surface area contributed by atoms with Crippen molar-refractivity contribution < 1.29 is 14.6 Å². The van der Waals surface area contributed by atoms with Gasteiger partial charge in [-0.25, -0.2) is 9.52 Å². The summed E-state index contributed by atoms with van der Waals surface area (Å²) in [6.45, 7) is 1.91. The molecule has 1 amide bonds. The number of nitrogens with two attached hydrogens (primary N) is 3. The Morgan fingerprint density at radius 2 is 1.89 bits per heavy atom. The molecule has 1 aliphatic heterocycles. The van der Waals surface area contributed by atoms with Crippen molar-refractivity contribution in [3.05, 3.63) is 11.3 Å². The molecule has 0 aromatic carbocycles. The Kier molecular flexibility index (Phi) is 4.98. The van der Waals surface area contributed by atoms with E-state index in [0.29, 0.717) is 10.5 Å². The Morgan fingerprint density at radius 1 is 1.37 bits per heavy atom. The van der Waals surface area contributed by atoms with Crippen molar-refractivity contribution in [2.45, 2.75) is 19.3 Å². The summed E-state index contributed by atoms with van der Waals surface area (Å²) in [7, 11) is 0. The SMILES string of the molecule is NC(=O)O.Nc1cc(N2CCCCC2)nc(N)[n+]1[O-]. The van der Waals surface area contributed by atoms with Crippen LogP contribution in [0.3, 0.4) is 0 Å². The summed E-state index contributed by atoms with van der Waals surface area (Å²) in [6.07, 6.45) is 2.21. The van der Waals surface area contributed by atoms with Crippen molar-refractivity contribution in [1.82, 2.24) is 4.98 Å². The summed E-state index contributed by atoms with van der Waals surface area (Å²) < 4.78 is 0.438. The van der Waals surface area contributed by atoms with E-state index in [4.69, 9.17) is 21.4 Å². The molecule has 2 rings (SSSR count). The van der Waals surface area contributed by atoms with Crippen molar-refractivity contribution in [1.29, 1.82) is 0 Å². The van der Waals surface area contributed by atoms with Gasteiger partial charge in [0.05, 0.1) is 6.07 Å². The number of nitrogens with zero attached hydrogens (tertiary/aromatic N) is 3. The lowest BCUT2D eigenvalue weighted by molar-refractivity contribution is -0.576. The molecule has 0 aliphatic carbocycles. The number of piperidine rings is 1. The smallest absolute Gasteiger partial charge is 0.402 e. The lowest BCUT2D eigenvalue weighted by Crippen LogP contribution is -2.38. The number of primary amides is 1. The van der Waals surface area contributed by atoms with E-state index in [1.165, 1.54) is 6.42 Å². The zero-order chi connectivity index (χ0) is 14.4. The number of aromatic nitrogens is 2. The average Bonchev–Trinajstić information content (AvgIpc) is 2.36. The van der Waals surface area contributed by atoms with Gasteiger partial charge in [-0.2, -0.15) is 0 Å². The Morgan fingerprint density at radius 3 is 2.37 bits per heavy atom. The highest BCUT2D eigenvalue weighted by Crippen LogP contribution is 2.18. The third-order valence-corrected chi connectivity index (χ3v) is 2.63. The minimum Gasteiger partial charge on any atom is -0.754 e. The third kappa shape index (κ3) is 4.37. The van der Waals surface area contributed by atoms with E-state index in [9.17, 15) is 5.21 Å². The molecular formula is C10H18N6O3. The Hall–Kier alpha value is -2.45. The maximum atomic E-state index is 11.2. The number of rotatable bonds is 1. The molecule has 0 saturated carbocycles. The van der Waals surface area contributed by atoms with E-state index in [0.717, 1.165) is 25.9 Å². The highest BCUT2D eigenvalue weighted by atomic mass is 16.5. The highest BCUT2D eigenvalue weighted by Gasteiger charge is 2.16.